The first-order chi connectivity index (χ1) is 8.22. The van der Waals surface area contributed by atoms with Crippen molar-refractivity contribution in [1.29, 1.82) is 0 Å². The van der Waals surface area contributed by atoms with Gasteiger partial charge in [0.1, 0.15) is 0 Å². The third-order valence-corrected chi connectivity index (χ3v) is 2.70. The van der Waals surface area contributed by atoms with Crippen molar-refractivity contribution < 1.29 is 0 Å². The molecular weight excluding hydrogens is 238 g/mol. The minimum Gasteiger partial charge on any atom is -0.310 e. The predicted molar refractivity (Wildman–Crippen MR) is 66.3 cm³/mol. The number of hydrogen-bond acceptors (Lipinski definition) is 4. The molecule has 1 aromatic heterocycles. The summed E-state index contributed by atoms with van der Waals surface area (Å²) < 4.78 is 1.71. The number of aryl methyl sites for hydroxylation is 1. The first-order valence-electron chi connectivity index (χ1n) is 5.47. The molecule has 0 amide bonds. The van der Waals surface area contributed by atoms with Gasteiger partial charge in [0.15, 0.2) is 5.82 Å². The van der Waals surface area contributed by atoms with Crippen molar-refractivity contribution in [2.45, 2.75) is 20.4 Å². The molecule has 0 fully saturated rings. The van der Waals surface area contributed by atoms with Crippen LogP contribution in [0.15, 0.2) is 18.2 Å². The number of hydrogen-bond donors (Lipinski definition) is 1. The van der Waals surface area contributed by atoms with Gasteiger partial charge in [0.25, 0.3) is 0 Å². The van der Waals surface area contributed by atoms with Crippen LogP contribution in [-0.2, 0) is 6.54 Å². The monoisotopic (exact) mass is 251 g/mol. The molecule has 17 heavy (non-hydrogen) atoms. The average molecular weight is 252 g/mol. The van der Waals surface area contributed by atoms with Crippen molar-refractivity contribution >= 4 is 11.6 Å². The molecular formula is C11H14ClN5. The molecule has 90 valence electrons. The highest BCUT2D eigenvalue weighted by Crippen LogP contribution is 2.19. The van der Waals surface area contributed by atoms with Gasteiger partial charge in [0.05, 0.1) is 12.2 Å². The molecule has 2 aromatic rings. The minimum absolute atomic E-state index is 0.634. The van der Waals surface area contributed by atoms with Crippen LogP contribution in [0.25, 0.3) is 5.69 Å². The van der Waals surface area contributed by atoms with E-state index in [0.717, 1.165) is 23.6 Å². The molecule has 1 heterocycles. The van der Waals surface area contributed by atoms with E-state index in [0.29, 0.717) is 11.6 Å². The van der Waals surface area contributed by atoms with Crippen molar-refractivity contribution in [2.24, 2.45) is 0 Å². The van der Waals surface area contributed by atoms with E-state index in [9.17, 15) is 0 Å². The fraction of sp³-hybridized carbons (Fsp3) is 0.364. The van der Waals surface area contributed by atoms with Crippen LogP contribution in [-0.4, -0.2) is 26.8 Å². The van der Waals surface area contributed by atoms with Gasteiger partial charge in [0, 0.05) is 5.02 Å². The summed E-state index contributed by atoms with van der Waals surface area (Å²) in [6.07, 6.45) is 0. The van der Waals surface area contributed by atoms with Crippen LogP contribution in [0.4, 0.5) is 0 Å². The third-order valence-electron chi connectivity index (χ3n) is 2.47. The highest BCUT2D eigenvalue weighted by Gasteiger charge is 2.10. The summed E-state index contributed by atoms with van der Waals surface area (Å²) in [5.41, 5.74) is 2.00. The Kier molecular flexibility index (Phi) is 3.71. The van der Waals surface area contributed by atoms with Gasteiger partial charge in [-0.1, -0.05) is 24.6 Å². The Morgan fingerprint density at radius 2 is 2.24 bits per heavy atom. The van der Waals surface area contributed by atoms with E-state index in [4.69, 9.17) is 11.6 Å². The van der Waals surface area contributed by atoms with E-state index in [1.165, 1.54) is 0 Å². The number of nitrogens with one attached hydrogen (secondary N) is 1. The highest BCUT2D eigenvalue weighted by atomic mass is 35.5. The fourth-order valence-electron chi connectivity index (χ4n) is 1.55. The topological polar surface area (TPSA) is 55.6 Å². The lowest BCUT2D eigenvalue weighted by Gasteiger charge is -2.08. The molecule has 0 spiro atoms. The van der Waals surface area contributed by atoms with Crippen molar-refractivity contribution in [3.63, 3.8) is 0 Å². The molecule has 0 saturated heterocycles. The highest BCUT2D eigenvalue weighted by molar-refractivity contribution is 6.30. The maximum Gasteiger partial charge on any atom is 0.170 e. The number of aromatic nitrogens is 4. The number of rotatable bonds is 4. The number of tetrazole rings is 1. The van der Waals surface area contributed by atoms with Crippen LogP contribution >= 0.6 is 11.6 Å². The molecule has 0 atom stereocenters. The van der Waals surface area contributed by atoms with Crippen LogP contribution in [0.1, 0.15) is 18.3 Å². The lowest BCUT2D eigenvalue weighted by molar-refractivity contribution is 0.663. The molecule has 0 bridgehead atoms. The molecule has 1 aromatic carbocycles. The molecule has 1 N–H and O–H groups in total. The van der Waals surface area contributed by atoms with Crippen LogP contribution in [0, 0.1) is 6.92 Å². The second kappa shape index (κ2) is 5.25. The Morgan fingerprint density at radius 1 is 1.41 bits per heavy atom. The van der Waals surface area contributed by atoms with E-state index in [-0.39, 0.29) is 0 Å². The van der Waals surface area contributed by atoms with Crippen molar-refractivity contribution in [3.8, 4) is 5.69 Å². The van der Waals surface area contributed by atoms with E-state index in [1.54, 1.807) is 4.68 Å². The van der Waals surface area contributed by atoms with Gasteiger partial charge in [-0.15, -0.1) is 5.10 Å². The van der Waals surface area contributed by atoms with E-state index >= 15 is 0 Å². The maximum atomic E-state index is 5.99. The average Bonchev–Trinajstić information content (AvgIpc) is 2.77. The summed E-state index contributed by atoms with van der Waals surface area (Å²) in [6.45, 7) is 5.56. The van der Waals surface area contributed by atoms with Crippen LogP contribution in [0.2, 0.25) is 5.02 Å². The molecule has 6 heteroatoms. The first kappa shape index (κ1) is 12.0. The van der Waals surface area contributed by atoms with Gasteiger partial charge < -0.3 is 5.32 Å². The zero-order valence-corrected chi connectivity index (χ0v) is 10.6. The Labute approximate surface area is 105 Å². The van der Waals surface area contributed by atoms with Gasteiger partial charge in [-0.05, 0) is 41.6 Å². The Bertz CT molecular complexity index is 508. The number of benzene rings is 1. The van der Waals surface area contributed by atoms with E-state index < -0.39 is 0 Å². The summed E-state index contributed by atoms with van der Waals surface area (Å²) in [7, 11) is 0. The van der Waals surface area contributed by atoms with Crippen LogP contribution < -0.4 is 5.32 Å². The first-order valence-corrected chi connectivity index (χ1v) is 5.84. The molecule has 0 aliphatic heterocycles. The summed E-state index contributed by atoms with van der Waals surface area (Å²) >= 11 is 5.99. The molecule has 0 saturated carbocycles. The second-order valence-electron chi connectivity index (χ2n) is 3.72. The largest absolute Gasteiger partial charge is 0.310 e. The smallest absolute Gasteiger partial charge is 0.170 e. The minimum atomic E-state index is 0.634. The fourth-order valence-corrected chi connectivity index (χ4v) is 1.72. The molecule has 5 nitrogen and oxygen atoms in total. The quantitative estimate of drug-likeness (QED) is 0.899. The summed E-state index contributed by atoms with van der Waals surface area (Å²) in [5.74, 6) is 0.775. The van der Waals surface area contributed by atoms with Crippen LogP contribution in [0.3, 0.4) is 0 Å². The molecule has 0 unspecified atom stereocenters. The predicted octanol–water partition coefficient (Wildman–Crippen LogP) is 1.73. The summed E-state index contributed by atoms with van der Waals surface area (Å²) in [4.78, 5) is 0. The summed E-state index contributed by atoms with van der Waals surface area (Å²) in [6, 6.07) is 5.67. The van der Waals surface area contributed by atoms with E-state index in [1.807, 2.05) is 32.0 Å². The normalized spacial score (nSPS) is 10.8. The van der Waals surface area contributed by atoms with Gasteiger partial charge in [-0.3, -0.25) is 0 Å². The third kappa shape index (κ3) is 2.62. The molecule has 0 aliphatic carbocycles. The Hall–Kier alpha value is -1.46. The zero-order valence-electron chi connectivity index (χ0n) is 9.81. The van der Waals surface area contributed by atoms with Crippen LogP contribution in [0.5, 0.6) is 0 Å². The SMILES string of the molecule is CCNCc1nnnn1-c1cc(Cl)ccc1C. The zero-order chi connectivity index (χ0) is 12.3. The summed E-state index contributed by atoms with van der Waals surface area (Å²) in [5, 5.41) is 15.6. The number of nitrogens with zero attached hydrogens (tertiary/aromatic N) is 4. The lowest BCUT2D eigenvalue weighted by Crippen LogP contribution is -2.16. The number of halogens is 1. The van der Waals surface area contributed by atoms with Crippen molar-refractivity contribution in [2.75, 3.05) is 6.54 Å². The van der Waals surface area contributed by atoms with Gasteiger partial charge in [0.2, 0.25) is 0 Å². The van der Waals surface area contributed by atoms with Crippen molar-refractivity contribution in [3.05, 3.63) is 34.6 Å². The van der Waals surface area contributed by atoms with E-state index in [2.05, 4.69) is 20.8 Å². The van der Waals surface area contributed by atoms with Crippen molar-refractivity contribution in [1.82, 2.24) is 25.5 Å². The lowest BCUT2D eigenvalue weighted by atomic mass is 10.2. The maximum absolute atomic E-state index is 5.99. The molecule has 2 rings (SSSR count). The second-order valence-corrected chi connectivity index (χ2v) is 4.15. The Morgan fingerprint density at radius 3 is 3.00 bits per heavy atom. The molecule has 0 aliphatic rings. The Balaban J connectivity index is 2.38. The molecule has 0 radical (unpaired) electrons. The van der Waals surface area contributed by atoms with Gasteiger partial charge in [-0.25, -0.2) is 0 Å². The standard InChI is InChI=1S/C11H14ClN5/c1-3-13-7-11-14-15-16-17(11)10-6-9(12)5-4-8(10)2/h4-6,13H,3,7H2,1-2H3. The van der Waals surface area contributed by atoms with Gasteiger partial charge >= 0.3 is 0 Å². The van der Waals surface area contributed by atoms with Gasteiger partial charge in [-0.2, -0.15) is 4.68 Å².